The predicted molar refractivity (Wildman–Crippen MR) is 143 cm³/mol. The number of carbonyl (C=O) groups is 1. The molecule has 200 valence electrons. The summed E-state index contributed by atoms with van der Waals surface area (Å²) in [5, 5.41) is 10.2. The molecule has 6 nitrogen and oxygen atoms in total. The number of nitrogens with zero attached hydrogens (tertiary/aromatic N) is 2. The third-order valence-corrected chi connectivity index (χ3v) is 8.59. The van der Waals surface area contributed by atoms with Crippen LogP contribution in [0.1, 0.15) is 62.1 Å². The number of hydrogen-bond acceptors (Lipinski definition) is 4. The van der Waals surface area contributed by atoms with Gasteiger partial charge in [-0.15, -0.1) is 0 Å². The van der Waals surface area contributed by atoms with Gasteiger partial charge in [0.15, 0.2) is 5.82 Å². The number of aromatic nitrogens is 2. The highest BCUT2D eigenvalue weighted by molar-refractivity contribution is 5.94. The molecule has 0 spiro atoms. The summed E-state index contributed by atoms with van der Waals surface area (Å²) in [6.07, 6.45) is 10.7. The minimum Gasteiger partial charge on any atom is -0.308 e. The van der Waals surface area contributed by atoms with Crippen LogP contribution in [0, 0.1) is 17.6 Å². The second-order valence-electron chi connectivity index (χ2n) is 11.4. The Bertz CT molecular complexity index is 1320. The third kappa shape index (κ3) is 4.99. The summed E-state index contributed by atoms with van der Waals surface area (Å²) in [5.41, 5.74) is 3.87. The van der Waals surface area contributed by atoms with E-state index in [0.717, 1.165) is 42.6 Å². The van der Waals surface area contributed by atoms with E-state index in [1.54, 1.807) is 6.33 Å². The molecule has 1 amide bonds. The van der Waals surface area contributed by atoms with Gasteiger partial charge in [-0.3, -0.25) is 4.79 Å². The van der Waals surface area contributed by atoms with E-state index < -0.39 is 17.7 Å². The molecule has 3 saturated carbocycles. The maximum Gasteiger partial charge on any atom is 0.242 e. The molecule has 1 unspecified atom stereocenters. The topological polar surface area (TPSA) is 71.0 Å². The molecule has 0 aliphatic heterocycles. The zero-order valence-electron chi connectivity index (χ0n) is 21.8. The SMILES string of the molecule is CCCC(N[C@H]1CCc2cc(F)cc(F)c2C1)C(=O)Nc1cn(-c2ccccc2CNC23CC(C2)C3)cn1. The molecule has 2 aromatic carbocycles. The lowest BCUT2D eigenvalue weighted by molar-refractivity contribution is -0.118. The monoisotopic (exact) mass is 519 g/mol. The largest absolute Gasteiger partial charge is 0.308 e. The lowest BCUT2D eigenvalue weighted by Gasteiger charge is -2.62. The average Bonchev–Trinajstić information content (AvgIpc) is 3.31. The molecule has 1 heterocycles. The Labute approximate surface area is 222 Å². The first-order chi connectivity index (χ1) is 18.4. The van der Waals surface area contributed by atoms with Crippen molar-refractivity contribution in [3.05, 3.63) is 77.2 Å². The molecule has 0 radical (unpaired) electrons. The van der Waals surface area contributed by atoms with Gasteiger partial charge in [0, 0.05) is 24.2 Å². The van der Waals surface area contributed by atoms with Crippen LogP contribution in [0.4, 0.5) is 14.6 Å². The number of nitrogens with one attached hydrogen (secondary N) is 3. The molecular formula is C30H35F2N5O. The van der Waals surface area contributed by atoms with E-state index in [9.17, 15) is 13.6 Å². The van der Waals surface area contributed by atoms with Crippen LogP contribution in [0.5, 0.6) is 0 Å². The van der Waals surface area contributed by atoms with Gasteiger partial charge in [-0.2, -0.15) is 0 Å². The first-order valence-electron chi connectivity index (χ1n) is 13.8. The Morgan fingerprint density at radius 1 is 1.21 bits per heavy atom. The Hall–Kier alpha value is -3.10. The molecule has 3 aromatic rings. The van der Waals surface area contributed by atoms with Gasteiger partial charge in [0.25, 0.3) is 0 Å². The molecule has 8 heteroatoms. The molecule has 0 saturated heterocycles. The van der Waals surface area contributed by atoms with Gasteiger partial charge in [-0.05, 0) is 79.7 Å². The van der Waals surface area contributed by atoms with Crippen molar-refractivity contribution in [2.45, 2.75) is 82.5 Å². The van der Waals surface area contributed by atoms with Crippen LogP contribution in [0.15, 0.2) is 48.9 Å². The van der Waals surface area contributed by atoms with Gasteiger partial charge >= 0.3 is 0 Å². The van der Waals surface area contributed by atoms with Crippen molar-refractivity contribution in [1.29, 1.82) is 0 Å². The molecule has 4 aliphatic rings. The van der Waals surface area contributed by atoms with E-state index >= 15 is 0 Å². The van der Waals surface area contributed by atoms with Crippen LogP contribution >= 0.6 is 0 Å². The summed E-state index contributed by atoms with van der Waals surface area (Å²) in [6, 6.07) is 10.1. The molecular weight excluding hydrogens is 484 g/mol. The van der Waals surface area contributed by atoms with Crippen molar-refractivity contribution < 1.29 is 13.6 Å². The van der Waals surface area contributed by atoms with E-state index in [-0.39, 0.29) is 11.9 Å². The zero-order valence-corrected chi connectivity index (χ0v) is 21.8. The van der Waals surface area contributed by atoms with Gasteiger partial charge in [-0.1, -0.05) is 31.5 Å². The number of benzene rings is 2. The van der Waals surface area contributed by atoms with Crippen molar-refractivity contribution in [2.75, 3.05) is 5.32 Å². The molecule has 2 atom stereocenters. The smallest absolute Gasteiger partial charge is 0.242 e. The van der Waals surface area contributed by atoms with Crippen LogP contribution in [-0.2, 0) is 24.2 Å². The summed E-state index contributed by atoms with van der Waals surface area (Å²) >= 11 is 0. The molecule has 2 bridgehead atoms. The first-order valence-corrected chi connectivity index (χ1v) is 13.8. The van der Waals surface area contributed by atoms with E-state index in [1.165, 1.54) is 30.9 Å². The molecule has 3 fully saturated rings. The lowest BCUT2D eigenvalue weighted by atomic mass is 9.50. The maximum absolute atomic E-state index is 14.4. The molecule has 4 aliphatic carbocycles. The molecule has 3 N–H and O–H groups in total. The number of imidazole rings is 1. The highest BCUT2D eigenvalue weighted by Crippen LogP contribution is 2.57. The van der Waals surface area contributed by atoms with Gasteiger partial charge < -0.3 is 20.5 Å². The van der Waals surface area contributed by atoms with Crippen molar-refractivity contribution in [2.24, 2.45) is 5.92 Å². The zero-order chi connectivity index (χ0) is 26.3. The molecule has 1 aromatic heterocycles. The first kappa shape index (κ1) is 25.2. The number of hydrogen-bond donors (Lipinski definition) is 3. The number of fused-ring (bicyclic) bond motifs is 1. The van der Waals surface area contributed by atoms with Crippen molar-refractivity contribution in [3.63, 3.8) is 0 Å². The van der Waals surface area contributed by atoms with Crippen LogP contribution in [0.3, 0.4) is 0 Å². The molecule has 38 heavy (non-hydrogen) atoms. The van der Waals surface area contributed by atoms with Crippen molar-refractivity contribution in [3.8, 4) is 5.69 Å². The number of rotatable bonds is 10. The summed E-state index contributed by atoms with van der Waals surface area (Å²) in [6.45, 7) is 2.84. The van der Waals surface area contributed by atoms with E-state index in [2.05, 4.69) is 39.1 Å². The minimum absolute atomic E-state index is 0.0530. The second-order valence-corrected chi connectivity index (χ2v) is 11.4. The Morgan fingerprint density at radius 2 is 2.03 bits per heavy atom. The number of carbonyl (C=O) groups excluding carboxylic acids is 1. The summed E-state index contributed by atoms with van der Waals surface area (Å²) in [4.78, 5) is 17.7. The average molecular weight is 520 g/mol. The Kier molecular flexibility index (Phi) is 6.78. The second kappa shape index (κ2) is 10.2. The van der Waals surface area contributed by atoms with Crippen LogP contribution in [-0.4, -0.2) is 33.1 Å². The predicted octanol–water partition coefficient (Wildman–Crippen LogP) is 5.05. The van der Waals surface area contributed by atoms with E-state index in [4.69, 9.17) is 0 Å². The van der Waals surface area contributed by atoms with Crippen LogP contribution < -0.4 is 16.0 Å². The van der Waals surface area contributed by atoms with Crippen molar-refractivity contribution in [1.82, 2.24) is 20.2 Å². The standard InChI is InChI=1S/C30H35F2N5O/c1-2-5-26(35-23-9-8-20-10-22(31)11-25(32)24(20)12-23)29(38)36-28-17-37(18-33-28)27-7-4-3-6-21(27)16-34-30-13-19(14-30)15-30/h3-4,6-7,10-11,17-19,23,26,34-35H,2,5,8-9,12-16H2,1H3,(H,36,38)/t19?,23-,26?,30?/m0/s1. The summed E-state index contributed by atoms with van der Waals surface area (Å²) in [7, 11) is 0. The number of aryl methyl sites for hydroxylation is 1. The number of amides is 1. The highest BCUT2D eigenvalue weighted by atomic mass is 19.1. The lowest BCUT2D eigenvalue weighted by Crippen LogP contribution is -2.66. The third-order valence-electron chi connectivity index (χ3n) is 8.59. The number of para-hydroxylation sites is 1. The highest BCUT2D eigenvalue weighted by Gasteiger charge is 2.56. The fourth-order valence-corrected chi connectivity index (χ4v) is 6.41. The Morgan fingerprint density at radius 3 is 2.79 bits per heavy atom. The fourth-order valence-electron chi connectivity index (χ4n) is 6.41. The number of halogens is 2. The van der Waals surface area contributed by atoms with Crippen molar-refractivity contribution >= 4 is 11.7 Å². The van der Waals surface area contributed by atoms with E-state index in [1.807, 2.05) is 23.8 Å². The van der Waals surface area contributed by atoms with E-state index in [0.29, 0.717) is 36.2 Å². The van der Waals surface area contributed by atoms with Crippen LogP contribution in [0.2, 0.25) is 0 Å². The minimum atomic E-state index is -0.538. The molecule has 7 rings (SSSR count). The van der Waals surface area contributed by atoms with Gasteiger partial charge in [0.1, 0.15) is 18.0 Å². The number of anilines is 1. The maximum atomic E-state index is 14.4. The fraction of sp³-hybridized carbons (Fsp3) is 0.467. The van der Waals surface area contributed by atoms with Gasteiger partial charge in [0.05, 0.1) is 17.9 Å². The summed E-state index contributed by atoms with van der Waals surface area (Å²) < 4.78 is 29.9. The normalized spacial score (nSPS) is 24.2. The summed E-state index contributed by atoms with van der Waals surface area (Å²) in [5.74, 6) is 0.233. The van der Waals surface area contributed by atoms with Gasteiger partial charge in [0.2, 0.25) is 5.91 Å². The Balaban J connectivity index is 1.10. The quantitative estimate of drug-likeness (QED) is 0.351. The van der Waals surface area contributed by atoms with Crippen LogP contribution in [0.25, 0.3) is 5.69 Å². The van der Waals surface area contributed by atoms with Gasteiger partial charge in [-0.25, -0.2) is 13.8 Å².